The van der Waals surface area contributed by atoms with Crippen molar-refractivity contribution >= 4 is 17.1 Å². The Morgan fingerprint density at radius 1 is 1.00 bits per heavy atom. The third-order valence-electron chi connectivity index (χ3n) is 5.96. The highest BCUT2D eigenvalue weighted by Gasteiger charge is 2.19. The second-order valence-corrected chi connectivity index (χ2v) is 8.19. The van der Waals surface area contributed by atoms with E-state index in [-0.39, 0.29) is 5.63 Å². The molecule has 0 aliphatic heterocycles. The molecule has 170 valence electrons. The largest absolute Gasteiger partial charge is 0.422 e. The van der Waals surface area contributed by atoms with Gasteiger partial charge in [-0.1, -0.05) is 51.8 Å². The zero-order valence-corrected chi connectivity index (χ0v) is 19.8. The Kier molecular flexibility index (Phi) is 7.73. The van der Waals surface area contributed by atoms with E-state index in [0.717, 1.165) is 42.2 Å². The normalized spacial score (nSPS) is 11.0. The number of amides is 1. The minimum absolute atomic E-state index is 0.326. The number of rotatable bonds is 8. The number of carbonyl (C=O) groups is 1. The van der Waals surface area contributed by atoms with Gasteiger partial charge < -0.3 is 14.5 Å². The number of hydrogen-bond acceptors (Lipinski definition) is 4. The maximum Gasteiger partial charge on any atom is 0.412 e. The van der Waals surface area contributed by atoms with Gasteiger partial charge in [0.1, 0.15) is 11.3 Å². The first-order chi connectivity index (χ1) is 15.4. The van der Waals surface area contributed by atoms with Crippen molar-refractivity contribution in [3.8, 4) is 5.75 Å². The van der Waals surface area contributed by atoms with Crippen LogP contribution in [0.1, 0.15) is 67.0 Å². The minimum Gasteiger partial charge on any atom is -0.422 e. The molecule has 0 unspecified atom stereocenters. The fourth-order valence-corrected chi connectivity index (χ4v) is 4.39. The van der Waals surface area contributed by atoms with Gasteiger partial charge in [-0.05, 0) is 60.1 Å². The highest BCUT2D eigenvalue weighted by Crippen LogP contribution is 2.31. The molecule has 0 fully saturated rings. The van der Waals surface area contributed by atoms with Crippen molar-refractivity contribution in [2.45, 2.75) is 66.2 Å². The number of carbonyl (C=O) groups excluding carboxylic acids is 1. The van der Waals surface area contributed by atoms with Gasteiger partial charge in [-0.15, -0.1) is 0 Å². The van der Waals surface area contributed by atoms with Crippen molar-refractivity contribution < 1.29 is 13.9 Å². The van der Waals surface area contributed by atoms with Crippen LogP contribution in [0.3, 0.4) is 0 Å². The molecule has 3 aromatic rings. The first-order valence-electron chi connectivity index (χ1n) is 11.5. The number of aryl methyl sites for hydroxylation is 3. The van der Waals surface area contributed by atoms with Crippen molar-refractivity contribution in [3.05, 3.63) is 74.1 Å². The number of hydrogen-bond donors (Lipinski definition) is 1. The number of benzene rings is 2. The molecule has 3 rings (SSSR count). The first-order valence-corrected chi connectivity index (χ1v) is 11.5. The lowest BCUT2D eigenvalue weighted by molar-refractivity contribution is 0.202. The molecule has 2 aromatic carbocycles. The Balaban J connectivity index is 2.18. The summed E-state index contributed by atoms with van der Waals surface area (Å²) in [6, 6.07) is 9.99. The quantitative estimate of drug-likeness (QED) is 0.449. The Morgan fingerprint density at radius 2 is 1.75 bits per heavy atom. The smallest absolute Gasteiger partial charge is 0.412 e. The number of fused-ring (bicyclic) bond motifs is 1. The van der Waals surface area contributed by atoms with Crippen LogP contribution >= 0.6 is 0 Å². The summed E-state index contributed by atoms with van der Waals surface area (Å²) in [5.74, 6) is 0.431. The first kappa shape index (κ1) is 23.6. The Labute approximate surface area is 189 Å². The average molecular weight is 436 g/mol. The third-order valence-corrected chi connectivity index (χ3v) is 5.96. The van der Waals surface area contributed by atoms with E-state index in [1.54, 1.807) is 6.07 Å². The SMILES string of the molecule is CCCc1cc2c(CC)c(Cc3cccc(C)c3CCC)c(=O)oc2cc1OC(=O)NC. The summed E-state index contributed by atoms with van der Waals surface area (Å²) in [6.45, 7) is 8.45. The molecule has 1 N–H and O–H groups in total. The van der Waals surface area contributed by atoms with Gasteiger partial charge in [-0.2, -0.15) is 0 Å². The van der Waals surface area contributed by atoms with Gasteiger partial charge >= 0.3 is 11.7 Å². The average Bonchev–Trinajstić information content (AvgIpc) is 2.77. The number of nitrogens with one attached hydrogen (secondary N) is 1. The van der Waals surface area contributed by atoms with E-state index in [0.29, 0.717) is 29.7 Å². The fourth-order valence-electron chi connectivity index (χ4n) is 4.39. The summed E-state index contributed by atoms with van der Waals surface area (Å²) in [5, 5.41) is 3.38. The van der Waals surface area contributed by atoms with Gasteiger partial charge in [0.25, 0.3) is 0 Å². The monoisotopic (exact) mass is 435 g/mol. The lowest BCUT2D eigenvalue weighted by atomic mass is 9.90. The van der Waals surface area contributed by atoms with Crippen LogP contribution < -0.4 is 15.7 Å². The Morgan fingerprint density at radius 3 is 2.41 bits per heavy atom. The molecule has 0 saturated heterocycles. The minimum atomic E-state index is -0.542. The molecule has 1 aromatic heterocycles. The van der Waals surface area contributed by atoms with Gasteiger partial charge in [0.15, 0.2) is 0 Å². The molecule has 5 heteroatoms. The van der Waals surface area contributed by atoms with E-state index < -0.39 is 6.09 Å². The van der Waals surface area contributed by atoms with Gasteiger partial charge in [0.05, 0.1) is 0 Å². The lowest BCUT2D eigenvalue weighted by Gasteiger charge is -2.16. The van der Waals surface area contributed by atoms with E-state index >= 15 is 0 Å². The van der Waals surface area contributed by atoms with Crippen molar-refractivity contribution in [2.24, 2.45) is 0 Å². The predicted octanol–water partition coefficient (Wildman–Crippen LogP) is 5.88. The summed E-state index contributed by atoms with van der Waals surface area (Å²) in [7, 11) is 1.52. The molecule has 1 heterocycles. The van der Waals surface area contributed by atoms with Gasteiger partial charge in [-0.25, -0.2) is 9.59 Å². The molecule has 0 radical (unpaired) electrons. The van der Waals surface area contributed by atoms with Crippen LogP contribution in [0.4, 0.5) is 4.79 Å². The molecule has 0 spiro atoms. The van der Waals surface area contributed by atoms with Crippen LogP contribution in [-0.2, 0) is 25.7 Å². The Hall–Kier alpha value is -3.08. The van der Waals surface area contributed by atoms with Crippen LogP contribution in [0.5, 0.6) is 5.75 Å². The molecular formula is C27H33NO4. The van der Waals surface area contributed by atoms with Gasteiger partial charge in [-0.3, -0.25) is 0 Å². The van der Waals surface area contributed by atoms with Crippen LogP contribution in [0, 0.1) is 6.92 Å². The third kappa shape index (κ3) is 4.87. The van der Waals surface area contributed by atoms with Crippen LogP contribution in [0.25, 0.3) is 11.0 Å². The maximum atomic E-state index is 13.1. The topological polar surface area (TPSA) is 68.5 Å². The number of ether oxygens (including phenoxy) is 1. The molecule has 1 amide bonds. The Bertz CT molecular complexity index is 1180. The van der Waals surface area contributed by atoms with Crippen molar-refractivity contribution in [3.63, 3.8) is 0 Å². The highest BCUT2D eigenvalue weighted by atomic mass is 16.6. The predicted molar refractivity (Wildman–Crippen MR) is 129 cm³/mol. The van der Waals surface area contributed by atoms with Crippen LogP contribution in [0.15, 0.2) is 39.5 Å². The van der Waals surface area contributed by atoms with Crippen LogP contribution in [-0.4, -0.2) is 13.1 Å². The van der Waals surface area contributed by atoms with Gasteiger partial charge in [0.2, 0.25) is 0 Å². The van der Waals surface area contributed by atoms with Gasteiger partial charge in [0, 0.05) is 30.5 Å². The van der Waals surface area contributed by atoms with E-state index in [1.807, 2.05) is 6.07 Å². The molecule has 5 nitrogen and oxygen atoms in total. The second-order valence-electron chi connectivity index (χ2n) is 8.19. The molecule has 32 heavy (non-hydrogen) atoms. The van der Waals surface area contributed by atoms with E-state index in [2.05, 4.69) is 51.2 Å². The maximum absolute atomic E-state index is 13.1. The van der Waals surface area contributed by atoms with E-state index in [4.69, 9.17) is 9.15 Å². The van der Waals surface area contributed by atoms with Crippen molar-refractivity contribution in [1.82, 2.24) is 5.32 Å². The van der Waals surface area contributed by atoms with E-state index in [1.165, 1.54) is 23.7 Å². The highest BCUT2D eigenvalue weighted by molar-refractivity contribution is 5.85. The summed E-state index contributed by atoms with van der Waals surface area (Å²) < 4.78 is 11.2. The molecule has 0 aliphatic carbocycles. The molecule has 0 bridgehead atoms. The standard InChI is InChI=1S/C27H33NO4/c1-6-10-19-15-22-20(8-3)23(14-18-13-9-12-17(4)21(18)11-7-2)26(29)31-25(22)16-24(19)32-27(30)28-5/h9,12-13,15-16H,6-8,10-11,14H2,1-5H3,(H,28,30). The summed E-state index contributed by atoms with van der Waals surface area (Å²) in [4.78, 5) is 24.9. The summed E-state index contributed by atoms with van der Waals surface area (Å²) in [6.07, 6.45) is 4.44. The zero-order valence-electron chi connectivity index (χ0n) is 19.8. The van der Waals surface area contributed by atoms with Crippen molar-refractivity contribution in [2.75, 3.05) is 7.05 Å². The zero-order chi connectivity index (χ0) is 23.3. The molecule has 0 aliphatic rings. The molecule has 0 saturated carbocycles. The van der Waals surface area contributed by atoms with E-state index in [9.17, 15) is 9.59 Å². The lowest BCUT2D eigenvalue weighted by Crippen LogP contribution is -2.22. The summed E-state index contributed by atoms with van der Waals surface area (Å²) >= 11 is 0. The van der Waals surface area contributed by atoms with Crippen molar-refractivity contribution in [1.29, 1.82) is 0 Å². The molecule has 0 atom stereocenters. The second kappa shape index (κ2) is 10.5. The molecular weight excluding hydrogens is 402 g/mol. The van der Waals surface area contributed by atoms with Crippen LogP contribution in [0.2, 0.25) is 0 Å². The summed E-state index contributed by atoms with van der Waals surface area (Å²) in [5.41, 5.74) is 6.53. The fraction of sp³-hybridized carbons (Fsp3) is 0.407.